The molecule has 1 N–H and O–H groups in total. The maximum Gasteiger partial charge on any atom is 0.243 e. The lowest BCUT2D eigenvalue weighted by Crippen LogP contribution is -2.37. The van der Waals surface area contributed by atoms with E-state index in [4.69, 9.17) is 11.6 Å². The molecule has 3 rings (SSSR count). The van der Waals surface area contributed by atoms with Crippen molar-refractivity contribution in [2.75, 3.05) is 11.9 Å². The molecule has 0 saturated carbocycles. The smallest absolute Gasteiger partial charge is 0.243 e. The predicted octanol–water partition coefficient (Wildman–Crippen LogP) is 4.68. The Morgan fingerprint density at radius 1 is 0.969 bits per heavy atom. The Kier molecular flexibility index (Phi) is 7.45. The van der Waals surface area contributed by atoms with Crippen molar-refractivity contribution in [2.45, 2.75) is 25.3 Å². The number of halogens is 1. The van der Waals surface area contributed by atoms with Gasteiger partial charge in [-0.3, -0.25) is 9.59 Å². The van der Waals surface area contributed by atoms with E-state index in [-0.39, 0.29) is 17.2 Å². The second-order valence-corrected chi connectivity index (χ2v) is 9.77. The highest BCUT2D eigenvalue weighted by molar-refractivity contribution is 7.89. The number of anilines is 1. The van der Waals surface area contributed by atoms with Crippen molar-refractivity contribution in [3.8, 4) is 0 Å². The number of rotatable bonds is 8. The Hall–Kier alpha value is -3.00. The third kappa shape index (κ3) is 6.03. The van der Waals surface area contributed by atoms with Gasteiger partial charge in [0.15, 0.2) is 5.78 Å². The molecule has 0 spiro atoms. The number of benzene rings is 3. The maximum absolute atomic E-state index is 13.3. The summed E-state index contributed by atoms with van der Waals surface area (Å²) in [5, 5.41) is 3.21. The lowest BCUT2D eigenvalue weighted by atomic mass is 10.1. The van der Waals surface area contributed by atoms with E-state index in [9.17, 15) is 18.0 Å². The molecule has 8 heteroatoms. The highest BCUT2D eigenvalue weighted by atomic mass is 35.5. The Morgan fingerprint density at radius 3 is 2.25 bits per heavy atom. The number of ketones is 1. The number of sulfonamides is 1. The van der Waals surface area contributed by atoms with E-state index < -0.39 is 22.5 Å². The summed E-state index contributed by atoms with van der Waals surface area (Å²) >= 11 is 5.94. The summed E-state index contributed by atoms with van der Waals surface area (Å²) in [5.41, 5.74) is 2.49. The molecule has 3 aromatic rings. The van der Waals surface area contributed by atoms with Gasteiger partial charge in [-0.05, 0) is 55.8 Å². The van der Waals surface area contributed by atoms with E-state index >= 15 is 0 Å². The second-order valence-electron chi connectivity index (χ2n) is 7.40. The van der Waals surface area contributed by atoms with Crippen molar-refractivity contribution in [1.82, 2.24) is 4.31 Å². The minimum atomic E-state index is -3.95. The molecule has 3 aromatic carbocycles. The van der Waals surface area contributed by atoms with Crippen molar-refractivity contribution in [3.05, 3.63) is 94.5 Å². The summed E-state index contributed by atoms with van der Waals surface area (Å²) < 4.78 is 27.8. The number of hydrogen-bond acceptors (Lipinski definition) is 4. The quantitative estimate of drug-likeness (QED) is 0.484. The molecule has 1 amide bonds. The zero-order valence-electron chi connectivity index (χ0n) is 17.7. The van der Waals surface area contributed by atoms with Crippen LogP contribution in [0.2, 0.25) is 5.02 Å². The van der Waals surface area contributed by atoms with E-state index in [1.165, 1.54) is 19.1 Å². The van der Waals surface area contributed by atoms with Gasteiger partial charge in [0.25, 0.3) is 0 Å². The summed E-state index contributed by atoms with van der Waals surface area (Å²) in [4.78, 5) is 24.4. The number of hydrogen-bond donors (Lipinski definition) is 1. The van der Waals surface area contributed by atoms with Gasteiger partial charge in [0, 0.05) is 22.8 Å². The van der Waals surface area contributed by atoms with Crippen molar-refractivity contribution in [1.29, 1.82) is 0 Å². The van der Waals surface area contributed by atoms with Gasteiger partial charge in [-0.15, -0.1) is 0 Å². The number of amides is 1. The fourth-order valence-corrected chi connectivity index (χ4v) is 4.57. The van der Waals surface area contributed by atoms with Crippen molar-refractivity contribution in [3.63, 3.8) is 0 Å². The van der Waals surface area contributed by atoms with Crippen LogP contribution in [0.5, 0.6) is 0 Å². The number of carbonyl (C=O) groups is 2. The molecule has 6 nitrogen and oxygen atoms in total. The van der Waals surface area contributed by atoms with Gasteiger partial charge in [-0.2, -0.15) is 4.31 Å². The topological polar surface area (TPSA) is 83.6 Å². The first-order chi connectivity index (χ1) is 15.1. The van der Waals surface area contributed by atoms with Crippen LogP contribution in [0, 0.1) is 6.92 Å². The first kappa shape index (κ1) is 23.7. The van der Waals surface area contributed by atoms with Crippen LogP contribution < -0.4 is 5.32 Å². The first-order valence-corrected chi connectivity index (χ1v) is 11.7. The van der Waals surface area contributed by atoms with E-state index in [0.717, 1.165) is 9.87 Å². The van der Waals surface area contributed by atoms with E-state index in [2.05, 4.69) is 5.32 Å². The number of nitrogens with one attached hydrogen (secondary N) is 1. The summed E-state index contributed by atoms with van der Waals surface area (Å²) in [7, 11) is -3.95. The average molecular weight is 471 g/mol. The second kappa shape index (κ2) is 10.1. The summed E-state index contributed by atoms with van der Waals surface area (Å²) in [6, 6.07) is 19.7. The molecule has 0 saturated heterocycles. The van der Waals surface area contributed by atoms with E-state index in [1.54, 1.807) is 60.7 Å². The molecule has 0 unspecified atom stereocenters. The molecule has 0 heterocycles. The highest BCUT2D eigenvalue weighted by Gasteiger charge is 2.27. The molecule has 0 fully saturated rings. The molecule has 0 atom stereocenters. The molecule has 0 aromatic heterocycles. The highest BCUT2D eigenvalue weighted by Crippen LogP contribution is 2.20. The van der Waals surface area contributed by atoms with Gasteiger partial charge in [0.1, 0.15) is 0 Å². The van der Waals surface area contributed by atoms with Crippen LogP contribution in [-0.2, 0) is 21.4 Å². The molecule has 0 aliphatic carbocycles. The van der Waals surface area contributed by atoms with Crippen LogP contribution in [0.4, 0.5) is 5.69 Å². The van der Waals surface area contributed by atoms with Gasteiger partial charge < -0.3 is 5.32 Å². The number of aryl methyl sites for hydroxylation is 1. The van der Waals surface area contributed by atoms with Crippen LogP contribution >= 0.6 is 11.6 Å². The van der Waals surface area contributed by atoms with Gasteiger partial charge >= 0.3 is 0 Å². The van der Waals surface area contributed by atoms with Crippen molar-refractivity contribution in [2.24, 2.45) is 0 Å². The van der Waals surface area contributed by atoms with Crippen LogP contribution in [0.3, 0.4) is 0 Å². The third-order valence-corrected chi connectivity index (χ3v) is 6.86. The minimum absolute atomic E-state index is 0.00567. The standard InChI is InChI=1S/C24H23ClN2O4S/c1-17-6-12-23(13-7-17)32(30,31)27(15-19-8-10-21(25)11-9-19)16-24(29)26-22-5-3-4-20(14-22)18(2)28/h3-14H,15-16H2,1-2H3,(H,26,29). The minimum Gasteiger partial charge on any atom is -0.325 e. The molecule has 0 radical (unpaired) electrons. The van der Waals surface area contributed by atoms with Gasteiger partial charge in [-0.1, -0.05) is 53.6 Å². The SMILES string of the molecule is CC(=O)c1cccc(NC(=O)CN(Cc2ccc(Cl)cc2)S(=O)(=O)c2ccc(C)cc2)c1. The molecule has 166 valence electrons. The summed E-state index contributed by atoms with van der Waals surface area (Å²) in [6.45, 7) is 2.89. The van der Waals surface area contributed by atoms with Gasteiger partial charge in [0.2, 0.25) is 15.9 Å². The molecule has 0 aliphatic heterocycles. The molecular weight excluding hydrogens is 448 g/mol. The van der Waals surface area contributed by atoms with Crippen LogP contribution in [0.25, 0.3) is 0 Å². The Balaban J connectivity index is 1.87. The molecular formula is C24H23ClN2O4S. The van der Waals surface area contributed by atoms with Crippen LogP contribution in [0.1, 0.15) is 28.4 Å². The zero-order chi connectivity index (χ0) is 23.3. The van der Waals surface area contributed by atoms with Crippen LogP contribution in [0.15, 0.2) is 77.7 Å². The van der Waals surface area contributed by atoms with Crippen molar-refractivity contribution >= 4 is 39.0 Å². The van der Waals surface area contributed by atoms with Crippen LogP contribution in [-0.4, -0.2) is 31.0 Å². The number of Topliss-reactive ketones (excluding diaryl/α,β-unsaturated/α-hetero) is 1. The van der Waals surface area contributed by atoms with Crippen molar-refractivity contribution < 1.29 is 18.0 Å². The largest absolute Gasteiger partial charge is 0.325 e. The fourth-order valence-electron chi connectivity index (χ4n) is 3.06. The first-order valence-electron chi connectivity index (χ1n) is 9.87. The van der Waals surface area contributed by atoms with E-state index in [0.29, 0.717) is 21.8 Å². The lowest BCUT2D eigenvalue weighted by molar-refractivity contribution is -0.116. The van der Waals surface area contributed by atoms with E-state index in [1.807, 2.05) is 6.92 Å². The zero-order valence-corrected chi connectivity index (χ0v) is 19.3. The Labute approximate surface area is 192 Å². The van der Waals surface area contributed by atoms with Gasteiger partial charge in [-0.25, -0.2) is 8.42 Å². The predicted molar refractivity (Wildman–Crippen MR) is 125 cm³/mol. The summed E-state index contributed by atoms with van der Waals surface area (Å²) in [6.07, 6.45) is 0. The molecule has 0 aliphatic rings. The third-order valence-electron chi connectivity index (χ3n) is 4.80. The van der Waals surface area contributed by atoms with Gasteiger partial charge in [0.05, 0.1) is 11.4 Å². The Morgan fingerprint density at radius 2 is 1.62 bits per heavy atom. The number of carbonyl (C=O) groups excluding carboxylic acids is 2. The molecule has 0 bridgehead atoms. The average Bonchev–Trinajstić information content (AvgIpc) is 2.75. The maximum atomic E-state index is 13.3. The monoisotopic (exact) mass is 470 g/mol. The fraction of sp³-hybridized carbons (Fsp3) is 0.167. The molecule has 32 heavy (non-hydrogen) atoms. The Bertz CT molecular complexity index is 1220. The normalized spacial score (nSPS) is 11.4. The lowest BCUT2D eigenvalue weighted by Gasteiger charge is -2.22. The summed E-state index contributed by atoms with van der Waals surface area (Å²) in [5.74, 6) is -0.650. The number of nitrogens with zero attached hydrogens (tertiary/aromatic N) is 1.